The van der Waals surface area contributed by atoms with E-state index in [1.807, 2.05) is 27.7 Å². The molecule has 7 nitrogen and oxygen atoms in total. The van der Waals surface area contributed by atoms with Gasteiger partial charge in [0.2, 0.25) is 15.0 Å². The predicted molar refractivity (Wildman–Crippen MR) is 133 cm³/mol. The molecule has 0 fully saturated rings. The fourth-order valence-corrected chi connectivity index (χ4v) is 5.57. The Bertz CT molecular complexity index is 1270. The highest BCUT2D eigenvalue weighted by atomic mass is 35.5. The van der Waals surface area contributed by atoms with E-state index in [1.165, 1.54) is 0 Å². The Labute approximate surface area is 206 Å². The molecule has 1 heterocycles. The predicted octanol–water partition coefficient (Wildman–Crippen LogP) is 5.15. The molecule has 3 aromatic rings. The molecule has 0 aliphatic rings. The van der Waals surface area contributed by atoms with E-state index in [1.54, 1.807) is 71.3 Å². The van der Waals surface area contributed by atoms with E-state index in [4.69, 9.17) is 16.3 Å². The van der Waals surface area contributed by atoms with Gasteiger partial charge in [0.05, 0.1) is 31.3 Å². The van der Waals surface area contributed by atoms with Crippen LogP contribution in [0, 0.1) is 0 Å². The lowest BCUT2D eigenvalue weighted by molar-refractivity contribution is 0.0684. The zero-order valence-corrected chi connectivity index (χ0v) is 21.6. The molecule has 0 bridgehead atoms. The monoisotopic (exact) mass is 503 g/mol. The molecule has 2 aromatic carbocycles. The first-order valence-electron chi connectivity index (χ1n) is 11.0. The number of methoxy groups -OCH3 is 1. The normalized spacial score (nSPS) is 11.8. The highest BCUT2D eigenvalue weighted by Gasteiger charge is 2.28. The molecule has 3 rings (SSSR count). The maximum atomic E-state index is 13.3. The Kier molecular flexibility index (Phi) is 8.05. The zero-order valence-electron chi connectivity index (χ0n) is 20.0. The van der Waals surface area contributed by atoms with E-state index in [0.717, 1.165) is 0 Å². The Morgan fingerprint density at radius 1 is 1.12 bits per heavy atom. The lowest BCUT2D eigenvalue weighted by Gasteiger charge is -2.28. The van der Waals surface area contributed by atoms with Crippen LogP contribution in [0.5, 0.6) is 5.75 Å². The first-order valence-corrected chi connectivity index (χ1v) is 13.0. The fourth-order valence-electron chi connectivity index (χ4n) is 3.77. The van der Waals surface area contributed by atoms with Crippen LogP contribution in [-0.4, -0.2) is 41.9 Å². The van der Waals surface area contributed by atoms with Crippen molar-refractivity contribution in [2.45, 2.75) is 57.2 Å². The molecule has 34 heavy (non-hydrogen) atoms. The van der Waals surface area contributed by atoms with Crippen LogP contribution < -0.4 is 4.74 Å². The number of imidazole rings is 1. The third-order valence-electron chi connectivity index (χ3n) is 5.41. The molecule has 0 saturated carbocycles. The molecule has 0 radical (unpaired) electrons. The van der Waals surface area contributed by atoms with Crippen LogP contribution in [0.1, 0.15) is 55.4 Å². The van der Waals surface area contributed by atoms with Crippen molar-refractivity contribution in [2.75, 3.05) is 7.11 Å². The SMILES string of the molecule is COc1cccc(C(=O)N(Cc2cnc(S(=O)(=O)Cc3cccc(Cl)c3)n2C(C)C)C(C)C)c1. The number of nitrogens with zero attached hydrogens (tertiary/aromatic N) is 3. The Balaban J connectivity index is 1.95. The molecule has 182 valence electrons. The topological polar surface area (TPSA) is 81.5 Å². The van der Waals surface area contributed by atoms with Crippen LogP contribution in [0.4, 0.5) is 0 Å². The number of carbonyl (C=O) groups is 1. The summed E-state index contributed by atoms with van der Waals surface area (Å²) < 4.78 is 33.5. The van der Waals surface area contributed by atoms with E-state index >= 15 is 0 Å². The summed E-state index contributed by atoms with van der Waals surface area (Å²) in [5.41, 5.74) is 1.73. The van der Waals surface area contributed by atoms with Crippen molar-refractivity contribution in [3.8, 4) is 5.75 Å². The second-order valence-electron chi connectivity index (χ2n) is 8.64. The fraction of sp³-hybridized carbons (Fsp3) is 0.360. The van der Waals surface area contributed by atoms with Crippen LogP contribution in [0.25, 0.3) is 0 Å². The number of hydrogen-bond donors (Lipinski definition) is 0. The van der Waals surface area contributed by atoms with E-state index in [-0.39, 0.29) is 35.4 Å². The summed E-state index contributed by atoms with van der Waals surface area (Å²) in [4.78, 5) is 19.3. The minimum absolute atomic E-state index is 0.0185. The summed E-state index contributed by atoms with van der Waals surface area (Å²) >= 11 is 6.03. The van der Waals surface area contributed by atoms with Gasteiger partial charge in [0.25, 0.3) is 5.91 Å². The van der Waals surface area contributed by atoms with Gasteiger partial charge in [-0.25, -0.2) is 13.4 Å². The first-order chi connectivity index (χ1) is 16.0. The van der Waals surface area contributed by atoms with Crippen LogP contribution >= 0.6 is 11.6 Å². The molecule has 0 atom stereocenters. The van der Waals surface area contributed by atoms with Crippen molar-refractivity contribution >= 4 is 27.3 Å². The molecular weight excluding hydrogens is 474 g/mol. The minimum atomic E-state index is -3.75. The second-order valence-corrected chi connectivity index (χ2v) is 11.0. The third kappa shape index (κ3) is 5.80. The lowest BCUT2D eigenvalue weighted by Crippen LogP contribution is -2.37. The summed E-state index contributed by atoms with van der Waals surface area (Å²) in [7, 11) is -2.20. The van der Waals surface area contributed by atoms with E-state index in [0.29, 0.717) is 27.6 Å². The maximum Gasteiger partial charge on any atom is 0.254 e. The first kappa shape index (κ1) is 25.8. The summed E-state index contributed by atoms with van der Waals surface area (Å²) in [6.07, 6.45) is 1.54. The molecular formula is C25H30ClN3O4S. The largest absolute Gasteiger partial charge is 0.497 e. The van der Waals surface area contributed by atoms with E-state index in [9.17, 15) is 13.2 Å². The van der Waals surface area contributed by atoms with Crippen LogP contribution in [0.3, 0.4) is 0 Å². The van der Waals surface area contributed by atoms with Gasteiger partial charge in [-0.1, -0.05) is 29.8 Å². The van der Waals surface area contributed by atoms with Gasteiger partial charge in [0.1, 0.15) is 5.75 Å². The molecule has 1 amide bonds. The summed E-state index contributed by atoms with van der Waals surface area (Å²) in [6, 6.07) is 13.5. The van der Waals surface area contributed by atoms with Gasteiger partial charge in [-0.15, -0.1) is 0 Å². The second kappa shape index (κ2) is 10.6. The number of benzene rings is 2. The van der Waals surface area contributed by atoms with Crippen LogP contribution in [0.2, 0.25) is 5.02 Å². The number of rotatable bonds is 9. The number of halogens is 1. The molecule has 0 N–H and O–H groups in total. The average Bonchev–Trinajstić information content (AvgIpc) is 3.22. The third-order valence-corrected chi connectivity index (χ3v) is 7.22. The zero-order chi connectivity index (χ0) is 25.0. The van der Waals surface area contributed by atoms with Gasteiger partial charge in [0, 0.05) is 22.7 Å². The Morgan fingerprint density at radius 3 is 2.44 bits per heavy atom. The smallest absolute Gasteiger partial charge is 0.254 e. The molecule has 0 saturated heterocycles. The minimum Gasteiger partial charge on any atom is -0.497 e. The molecule has 0 aliphatic carbocycles. The van der Waals surface area contributed by atoms with Crippen molar-refractivity contribution in [1.29, 1.82) is 0 Å². The van der Waals surface area contributed by atoms with Crippen molar-refractivity contribution < 1.29 is 17.9 Å². The van der Waals surface area contributed by atoms with Gasteiger partial charge >= 0.3 is 0 Å². The summed E-state index contributed by atoms with van der Waals surface area (Å²) in [5.74, 6) is 0.206. The number of aromatic nitrogens is 2. The summed E-state index contributed by atoms with van der Waals surface area (Å²) in [6.45, 7) is 7.85. The van der Waals surface area contributed by atoms with Gasteiger partial charge in [-0.2, -0.15) is 0 Å². The van der Waals surface area contributed by atoms with Gasteiger partial charge < -0.3 is 14.2 Å². The highest BCUT2D eigenvalue weighted by Crippen LogP contribution is 2.25. The Morgan fingerprint density at radius 2 is 1.82 bits per heavy atom. The highest BCUT2D eigenvalue weighted by molar-refractivity contribution is 7.90. The van der Waals surface area contributed by atoms with Crippen LogP contribution in [0.15, 0.2) is 59.9 Å². The van der Waals surface area contributed by atoms with E-state index in [2.05, 4.69) is 4.98 Å². The molecule has 9 heteroatoms. The van der Waals surface area contributed by atoms with Gasteiger partial charge in [-0.3, -0.25) is 4.79 Å². The standard InChI is InChI=1S/C25H30ClN3O4S/c1-17(2)28(24(30)20-9-7-11-23(13-20)33-5)15-22-14-27-25(29(22)18(3)4)34(31,32)16-19-8-6-10-21(26)12-19/h6-14,17-18H,15-16H2,1-5H3. The number of ether oxygens (including phenoxy) is 1. The molecule has 0 unspecified atom stereocenters. The van der Waals surface area contributed by atoms with Crippen molar-refractivity contribution in [2.24, 2.45) is 0 Å². The maximum absolute atomic E-state index is 13.3. The quantitative estimate of drug-likeness (QED) is 0.403. The average molecular weight is 504 g/mol. The van der Waals surface area contributed by atoms with Crippen molar-refractivity contribution in [1.82, 2.24) is 14.5 Å². The number of sulfone groups is 1. The van der Waals surface area contributed by atoms with Crippen molar-refractivity contribution in [3.63, 3.8) is 0 Å². The van der Waals surface area contributed by atoms with E-state index < -0.39 is 9.84 Å². The molecule has 0 spiro atoms. The van der Waals surface area contributed by atoms with Crippen molar-refractivity contribution in [3.05, 3.63) is 76.6 Å². The summed E-state index contributed by atoms with van der Waals surface area (Å²) in [5, 5.41) is 0.458. The lowest BCUT2D eigenvalue weighted by atomic mass is 10.1. The Hall–Kier alpha value is -2.84. The van der Waals surface area contributed by atoms with Gasteiger partial charge in [0.15, 0.2) is 0 Å². The van der Waals surface area contributed by atoms with Gasteiger partial charge in [-0.05, 0) is 63.6 Å². The number of hydrogen-bond acceptors (Lipinski definition) is 5. The molecule has 1 aromatic heterocycles. The number of carbonyl (C=O) groups excluding carboxylic acids is 1. The van der Waals surface area contributed by atoms with Crippen LogP contribution in [-0.2, 0) is 22.1 Å². The number of amides is 1. The molecule has 0 aliphatic heterocycles.